The SMILES string of the molecule is O=C(OCc1ccccc1)N1CCC(Nc2ccc(NCC(O)CCl)cc2)CC1. The first-order chi connectivity index (χ1) is 14.1. The van der Waals surface area contributed by atoms with Crippen LogP contribution in [-0.2, 0) is 11.3 Å². The third-order valence-electron chi connectivity index (χ3n) is 4.93. The first-order valence-corrected chi connectivity index (χ1v) is 10.5. The highest BCUT2D eigenvalue weighted by Gasteiger charge is 2.23. The molecule has 29 heavy (non-hydrogen) atoms. The standard InChI is InChI=1S/C22H28ClN3O3/c23-14-21(27)15-24-18-6-8-19(9-7-18)25-20-10-12-26(13-11-20)22(28)29-16-17-4-2-1-3-5-17/h1-9,20-21,24-25,27H,10-16H2. The predicted octanol–water partition coefficient (Wildman–Crippen LogP) is 3.91. The van der Waals surface area contributed by atoms with Gasteiger partial charge < -0.3 is 25.4 Å². The van der Waals surface area contributed by atoms with Crippen molar-refractivity contribution in [2.24, 2.45) is 0 Å². The number of amides is 1. The molecule has 2 aromatic carbocycles. The smallest absolute Gasteiger partial charge is 0.410 e. The lowest BCUT2D eigenvalue weighted by atomic mass is 10.0. The molecule has 1 atom stereocenters. The van der Waals surface area contributed by atoms with Crippen molar-refractivity contribution in [1.29, 1.82) is 0 Å². The molecule has 0 aromatic heterocycles. The third kappa shape index (κ3) is 6.84. The number of likely N-dealkylation sites (tertiary alicyclic amines) is 1. The topological polar surface area (TPSA) is 73.8 Å². The lowest BCUT2D eigenvalue weighted by Crippen LogP contribution is -2.42. The van der Waals surface area contributed by atoms with Gasteiger partial charge in [0.1, 0.15) is 6.61 Å². The van der Waals surface area contributed by atoms with Crippen molar-refractivity contribution in [2.45, 2.75) is 31.6 Å². The summed E-state index contributed by atoms with van der Waals surface area (Å²) in [5.74, 6) is 0.213. The molecule has 1 amide bonds. The summed E-state index contributed by atoms with van der Waals surface area (Å²) < 4.78 is 5.42. The molecule has 1 unspecified atom stereocenters. The van der Waals surface area contributed by atoms with E-state index in [4.69, 9.17) is 16.3 Å². The molecule has 6 nitrogen and oxygen atoms in total. The Labute approximate surface area is 176 Å². The Bertz CT molecular complexity index is 750. The van der Waals surface area contributed by atoms with Crippen LogP contribution in [0.1, 0.15) is 18.4 Å². The minimum atomic E-state index is -0.556. The van der Waals surface area contributed by atoms with Gasteiger partial charge in [-0.15, -0.1) is 11.6 Å². The fourth-order valence-electron chi connectivity index (χ4n) is 3.23. The molecule has 1 fully saturated rings. The van der Waals surface area contributed by atoms with E-state index in [0.29, 0.717) is 32.3 Å². The van der Waals surface area contributed by atoms with Crippen molar-refractivity contribution in [1.82, 2.24) is 4.90 Å². The van der Waals surface area contributed by atoms with Crippen molar-refractivity contribution in [3.05, 3.63) is 60.2 Å². The monoisotopic (exact) mass is 417 g/mol. The normalized spacial score (nSPS) is 15.6. The van der Waals surface area contributed by atoms with Crippen LogP contribution in [0.3, 0.4) is 0 Å². The van der Waals surface area contributed by atoms with Crippen LogP contribution >= 0.6 is 11.6 Å². The Morgan fingerprint density at radius 1 is 1.10 bits per heavy atom. The zero-order chi connectivity index (χ0) is 20.5. The number of carbonyl (C=O) groups is 1. The van der Waals surface area contributed by atoms with Gasteiger partial charge in [0.2, 0.25) is 0 Å². The summed E-state index contributed by atoms with van der Waals surface area (Å²) in [5.41, 5.74) is 2.97. The van der Waals surface area contributed by atoms with Gasteiger partial charge in [-0.3, -0.25) is 0 Å². The molecule has 7 heteroatoms. The molecular formula is C22H28ClN3O3. The second kappa shape index (κ2) is 10.9. The van der Waals surface area contributed by atoms with Crippen LogP contribution in [-0.4, -0.2) is 53.8 Å². The Morgan fingerprint density at radius 2 is 1.76 bits per heavy atom. The van der Waals surface area contributed by atoms with Gasteiger partial charge in [0.15, 0.2) is 0 Å². The highest BCUT2D eigenvalue weighted by molar-refractivity contribution is 6.18. The number of alkyl halides is 1. The number of piperidine rings is 1. The minimum Gasteiger partial charge on any atom is -0.445 e. The number of rotatable bonds is 8. The number of ether oxygens (including phenoxy) is 1. The van der Waals surface area contributed by atoms with Crippen LogP contribution in [0.4, 0.5) is 16.2 Å². The van der Waals surface area contributed by atoms with Crippen molar-refractivity contribution in [3.63, 3.8) is 0 Å². The molecule has 1 aliphatic heterocycles. The van der Waals surface area contributed by atoms with Crippen LogP contribution in [0.15, 0.2) is 54.6 Å². The molecule has 0 saturated carbocycles. The Hall–Kier alpha value is -2.44. The van der Waals surface area contributed by atoms with Crippen molar-refractivity contribution < 1.29 is 14.6 Å². The maximum Gasteiger partial charge on any atom is 0.410 e. The number of nitrogens with one attached hydrogen (secondary N) is 2. The highest BCUT2D eigenvalue weighted by atomic mass is 35.5. The van der Waals surface area contributed by atoms with Crippen molar-refractivity contribution >= 4 is 29.1 Å². The lowest BCUT2D eigenvalue weighted by Gasteiger charge is -2.32. The number of aliphatic hydroxyl groups is 1. The number of carbonyl (C=O) groups excluding carboxylic acids is 1. The number of hydrogen-bond acceptors (Lipinski definition) is 5. The van der Waals surface area contributed by atoms with Gasteiger partial charge in [0, 0.05) is 37.1 Å². The zero-order valence-corrected chi connectivity index (χ0v) is 17.1. The van der Waals surface area contributed by atoms with Gasteiger partial charge in [-0.25, -0.2) is 4.79 Å². The fourth-order valence-corrected chi connectivity index (χ4v) is 3.34. The Balaban J connectivity index is 1.38. The summed E-state index contributed by atoms with van der Waals surface area (Å²) >= 11 is 5.59. The Morgan fingerprint density at radius 3 is 2.41 bits per heavy atom. The molecule has 3 rings (SSSR count). The molecule has 0 spiro atoms. The molecule has 1 aliphatic rings. The molecule has 0 radical (unpaired) electrons. The first kappa shape index (κ1) is 21.3. The van der Waals surface area contributed by atoms with Crippen molar-refractivity contribution in [2.75, 3.05) is 36.1 Å². The molecule has 3 N–H and O–H groups in total. The number of aliphatic hydroxyl groups excluding tert-OH is 1. The molecule has 2 aromatic rings. The third-order valence-corrected chi connectivity index (χ3v) is 5.29. The van der Waals surface area contributed by atoms with Crippen LogP contribution in [0.2, 0.25) is 0 Å². The quantitative estimate of drug-likeness (QED) is 0.568. The average molecular weight is 418 g/mol. The van der Waals surface area contributed by atoms with E-state index in [1.165, 1.54) is 0 Å². The van der Waals surface area contributed by atoms with E-state index in [0.717, 1.165) is 29.8 Å². The maximum absolute atomic E-state index is 12.3. The number of hydrogen-bond donors (Lipinski definition) is 3. The number of halogens is 1. The average Bonchev–Trinajstić information content (AvgIpc) is 2.78. The van der Waals surface area contributed by atoms with E-state index in [9.17, 15) is 9.90 Å². The molecule has 1 heterocycles. The van der Waals surface area contributed by atoms with Gasteiger partial charge in [-0.05, 0) is 42.7 Å². The number of benzene rings is 2. The van der Waals surface area contributed by atoms with Crippen LogP contribution in [0.25, 0.3) is 0 Å². The minimum absolute atomic E-state index is 0.213. The van der Waals surface area contributed by atoms with E-state index in [2.05, 4.69) is 10.6 Å². The fraction of sp³-hybridized carbons (Fsp3) is 0.409. The first-order valence-electron chi connectivity index (χ1n) is 9.94. The predicted molar refractivity (Wildman–Crippen MR) is 117 cm³/mol. The van der Waals surface area contributed by atoms with Gasteiger partial charge in [-0.2, -0.15) is 0 Å². The van der Waals surface area contributed by atoms with E-state index in [1.54, 1.807) is 4.90 Å². The lowest BCUT2D eigenvalue weighted by molar-refractivity contribution is 0.0882. The summed E-state index contributed by atoms with van der Waals surface area (Å²) in [6, 6.07) is 18.0. The zero-order valence-electron chi connectivity index (χ0n) is 16.4. The van der Waals surface area contributed by atoms with Gasteiger partial charge in [0.25, 0.3) is 0 Å². The van der Waals surface area contributed by atoms with Crippen LogP contribution < -0.4 is 10.6 Å². The second-order valence-electron chi connectivity index (χ2n) is 7.21. The highest BCUT2D eigenvalue weighted by Crippen LogP contribution is 2.19. The van der Waals surface area contributed by atoms with E-state index < -0.39 is 6.10 Å². The maximum atomic E-state index is 12.3. The molecule has 1 saturated heterocycles. The van der Waals surface area contributed by atoms with Gasteiger partial charge >= 0.3 is 6.09 Å². The summed E-state index contributed by atoms with van der Waals surface area (Å²) in [6.45, 7) is 2.09. The van der Waals surface area contributed by atoms with Crippen LogP contribution in [0, 0.1) is 0 Å². The Kier molecular flexibility index (Phi) is 8.02. The number of nitrogens with zero attached hydrogens (tertiary/aromatic N) is 1. The van der Waals surface area contributed by atoms with E-state index in [-0.39, 0.29) is 12.0 Å². The number of anilines is 2. The molecular weight excluding hydrogens is 390 g/mol. The molecule has 0 bridgehead atoms. The van der Waals surface area contributed by atoms with Crippen molar-refractivity contribution in [3.8, 4) is 0 Å². The summed E-state index contributed by atoms with van der Waals surface area (Å²) in [5, 5.41) is 16.2. The largest absolute Gasteiger partial charge is 0.445 e. The van der Waals surface area contributed by atoms with Gasteiger partial charge in [-0.1, -0.05) is 30.3 Å². The summed E-state index contributed by atoms with van der Waals surface area (Å²) in [6.07, 6.45) is 0.950. The van der Waals surface area contributed by atoms with Crippen LogP contribution in [0.5, 0.6) is 0 Å². The second-order valence-corrected chi connectivity index (χ2v) is 7.52. The van der Waals surface area contributed by atoms with E-state index in [1.807, 2.05) is 54.6 Å². The molecule has 156 valence electrons. The molecule has 0 aliphatic carbocycles. The van der Waals surface area contributed by atoms with Gasteiger partial charge in [0.05, 0.1) is 12.0 Å². The van der Waals surface area contributed by atoms with E-state index >= 15 is 0 Å². The summed E-state index contributed by atoms with van der Waals surface area (Å²) in [7, 11) is 0. The summed E-state index contributed by atoms with van der Waals surface area (Å²) in [4.78, 5) is 14.0.